The highest BCUT2D eigenvalue weighted by molar-refractivity contribution is 5.93. The number of ether oxygens (including phenoxy) is 1. The molecular weight excluding hydrogens is 326 g/mol. The summed E-state index contributed by atoms with van der Waals surface area (Å²) in [7, 11) is 1.64. The highest BCUT2D eigenvalue weighted by Crippen LogP contribution is 2.23. The van der Waals surface area contributed by atoms with Gasteiger partial charge in [-0.1, -0.05) is 42.0 Å². The van der Waals surface area contributed by atoms with E-state index >= 15 is 0 Å². The van der Waals surface area contributed by atoms with Crippen LogP contribution in [-0.4, -0.2) is 29.8 Å². The molecule has 0 aromatic heterocycles. The number of nitrogens with zero attached hydrogens (tertiary/aromatic N) is 2. The molecule has 2 N–H and O–H groups in total. The van der Waals surface area contributed by atoms with Gasteiger partial charge in [0.2, 0.25) is 5.91 Å². The van der Waals surface area contributed by atoms with Gasteiger partial charge in [0.1, 0.15) is 11.6 Å². The fraction of sp³-hybridized carbons (Fsp3) is 0.333. The SMILES string of the molecule is COc1ccc(CN2C(=O)CCC2C(N)=NCc2ccc(C)cc2)cc1. The van der Waals surface area contributed by atoms with Crippen molar-refractivity contribution >= 4 is 11.7 Å². The van der Waals surface area contributed by atoms with Gasteiger partial charge in [-0.2, -0.15) is 0 Å². The summed E-state index contributed by atoms with van der Waals surface area (Å²) in [6.45, 7) is 3.13. The lowest BCUT2D eigenvalue weighted by molar-refractivity contribution is -0.128. The average molecular weight is 351 g/mol. The monoisotopic (exact) mass is 351 g/mol. The molecule has 1 heterocycles. The van der Waals surface area contributed by atoms with E-state index in [1.807, 2.05) is 29.2 Å². The smallest absolute Gasteiger partial charge is 0.223 e. The molecule has 136 valence electrons. The predicted molar refractivity (Wildman–Crippen MR) is 103 cm³/mol. The first-order chi connectivity index (χ1) is 12.6. The predicted octanol–water partition coefficient (Wildman–Crippen LogP) is 3.05. The first-order valence-corrected chi connectivity index (χ1v) is 8.84. The molecule has 0 saturated carbocycles. The van der Waals surface area contributed by atoms with E-state index in [9.17, 15) is 4.79 Å². The first kappa shape index (κ1) is 18.0. The Bertz CT molecular complexity index is 782. The number of hydrogen-bond donors (Lipinski definition) is 1. The Balaban J connectivity index is 1.69. The van der Waals surface area contributed by atoms with Gasteiger partial charge in [-0.3, -0.25) is 9.79 Å². The van der Waals surface area contributed by atoms with Crippen molar-refractivity contribution in [2.75, 3.05) is 7.11 Å². The molecule has 0 radical (unpaired) electrons. The molecule has 3 rings (SSSR count). The van der Waals surface area contributed by atoms with Crippen molar-refractivity contribution in [2.24, 2.45) is 10.7 Å². The molecule has 0 spiro atoms. The summed E-state index contributed by atoms with van der Waals surface area (Å²) >= 11 is 0. The minimum atomic E-state index is -0.130. The van der Waals surface area contributed by atoms with Crippen LogP contribution in [-0.2, 0) is 17.9 Å². The number of likely N-dealkylation sites (tertiary alicyclic amines) is 1. The molecule has 5 nitrogen and oxygen atoms in total. The maximum absolute atomic E-state index is 12.3. The van der Waals surface area contributed by atoms with Gasteiger partial charge in [0.05, 0.1) is 19.7 Å². The molecule has 1 fully saturated rings. The standard InChI is InChI=1S/C21H25N3O2/c1-15-3-5-16(6-4-15)13-23-21(22)19-11-12-20(25)24(19)14-17-7-9-18(26-2)10-8-17/h3-10,19H,11-14H2,1-2H3,(H2,22,23). The topological polar surface area (TPSA) is 67.9 Å². The van der Waals surface area contributed by atoms with E-state index in [-0.39, 0.29) is 11.9 Å². The van der Waals surface area contributed by atoms with Crippen LogP contribution in [0.3, 0.4) is 0 Å². The Kier molecular flexibility index (Phi) is 5.56. The minimum Gasteiger partial charge on any atom is -0.497 e. The molecule has 1 amide bonds. The molecular formula is C21H25N3O2. The van der Waals surface area contributed by atoms with Crippen molar-refractivity contribution in [3.63, 3.8) is 0 Å². The van der Waals surface area contributed by atoms with E-state index in [1.54, 1.807) is 7.11 Å². The van der Waals surface area contributed by atoms with E-state index in [4.69, 9.17) is 10.5 Å². The van der Waals surface area contributed by atoms with Gasteiger partial charge in [0.25, 0.3) is 0 Å². The number of carbonyl (C=O) groups is 1. The Morgan fingerprint density at radius 2 is 1.81 bits per heavy atom. The zero-order chi connectivity index (χ0) is 18.5. The largest absolute Gasteiger partial charge is 0.497 e. The molecule has 1 atom stereocenters. The Hall–Kier alpha value is -2.82. The van der Waals surface area contributed by atoms with Crippen LogP contribution < -0.4 is 10.5 Å². The van der Waals surface area contributed by atoms with Crippen LogP contribution in [0.1, 0.15) is 29.5 Å². The van der Waals surface area contributed by atoms with Crippen molar-refractivity contribution in [2.45, 2.75) is 38.9 Å². The molecule has 1 unspecified atom stereocenters. The molecule has 1 aliphatic heterocycles. The van der Waals surface area contributed by atoms with Crippen LogP contribution in [0, 0.1) is 6.92 Å². The molecule has 0 bridgehead atoms. The third-order valence-corrected chi connectivity index (χ3v) is 4.75. The zero-order valence-corrected chi connectivity index (χ0v) is 15.3. The van der Waals surface area contributed by atoms with Crippen LogP contribution in [0.25, 0.3) is 0 Å². The van der Waals surface area contributed by atoms with Crippen molar-refractivity contribution in [3.05, 3.63) is 65.2 Å². The summed E-state index contributed by atoms with van der Waals surface area (Å²) in [4.78, 5) is 18.7. The Morgan fingerprint density at radius 1 is 1.15 bits per heavy atom. The zero-order valence-electron chi connectivity index (χ0n) is 15.3. The van der Waals surface area contributed by atoms with E-state index < -0.39 is 0 Å². The maximum Gasteiger partial charge on any atom is 0.223 e. The second-order valence-electron chi connectivity index (χ2n) is 6.65. The van der Waals surface area contributed by atoms with E-state index in [1.165, 1.54) is 5.56 Å². The van der Waals surface area contributed by atoms with Gasteiger partial charge >= 0.3 is 0 Å². The molecule has 1 saturated heterocycles. The Morgan fingerprint density at radius 3 is 2.46 bits per heavy atom. The summed E-state index contributed by atoms with van der Waals surface area (Å²) < 4.78 is 5.18. The molecule has 0 aliphatic carbocycles. The number of rotatable bonds is 6. The number of hydrogen-bond acceptors (Lipinski definition) is 3. The third-order valence-electron chi connectivity index (χ3n) is 4.75. The van der Waals surface area contributed by atoms with Crippen LogP contribution in [0.5, 0.6) is 5.75 Å². The fourth-order valence-corrected chi connectivity index (χ4v) is 3.15. The van der Waals surface area contributed by atoms with Crippen molar-refractivity contribution in [1.29, 1.82) is 0 Å². The summed E-state index contributed by atoms with van der Waals surface area (Å²) in [5.41, 5.74) is 9.63. The lowest BCUT2D eigenvalue weighted by atomic mass is 10.1. The summed E-state index contributed by atoms with van der Waals surface area (Å²) in [5, 5.41) is 0. The molecule has 26 heavy (non-hydrogen) atoms. The van der Waals surface area contributed by atoms with Crippen LogP contribution in [0.2, 0.25) is 0 Å². The highest BCUT2D eigenvalue weighted by Gasteiger charge is 2.33. The number of methoxy groups -OCH3 is 1. The van der Waals surface area contributed by atoms with Crippen LogP contribution in [0.4, 0.5) is 0 Å². The number of benzene rings is 2. The second kappa shape index (κ2) is 8.04. The number of amidine groups is 1. The van der Waals surface area contributed by atoms with Crippen molar-refractivity contribution in [3.8, 4) is 5.75 Å². The second-order valence-corrected chi connectivity index (χ2v) is 6.65. The van der Waals surface area contributed by atoms with Gasteiger partial charge in [-0.15, -0.1) is 0 Å². The molecule has 2 aromatic rings. The van der Waals surface area contributed by atoms with Crippen LogP contribution >= 0.6 is 0 Å². The number of amides is 1. The maximum atomic E-state index is 12.3. The third kappa shape index (κ3) is 4.23. The van der Waals surface area contributed by atoms with Crippen molar-refractivity contribution in [1.82, 2.24) is 4.90 Å². The molecule has 2 aromatic carbocycles. The van der Waals surface area contributed by atoms with Gasteiger partial charge in [0, 0.05) is 13.0 Å². The summed E-state index contributed by atoms with van der Waals surface area (Å²) in [6.07, 6.45) is 1.24. The van der Waals surface area contributed by atoms with Gasteiger partial charge in [-0.05, 0) is 36.6 Å². The number of nitrogens with two attached hydrogens (primary N) is 1. The van der Waals surface area contributed by atoms with E-state index in [0.717, 1.165) is 23.3 Å². The number of carbonyl (C=O) groups excluding carboxylic acids is 1. The lowest BCUT2D eigenvalue weighted by Crippen LogP contribution is -2.42. The molecule has 5 heteroatoms. The Labute approximate surface area is 154 Å². The average Bonchev–Trinajstić information content (AvgIpc) is 3.02. The minimum absolute atomic E-state index is 0.124. The normalized spacial score (nSPS) is 17.6. The van der Waals surface area contributed by atoms with E-state index in [0.29, 0.717) is 25.3 Å². The van der Waals surface area contributed by atoms with Gasteiger partial charge in [0.15, 0.2) is 0 Å². The summed E-state index contributed by atoms with van der Waals surface area (Å²) in [6, 6.07) is 15.9. The van der Waals surface area contributed by atoms with Crippen LogP contribution in [0.15, 0.2) is 53.5 Å². The van der Waals surface area contributed by atoms with E-state index in [2.05, 4.69) is 36.2 Å². The highest BCUT2D eigenvalue weighted by atomic mass is 16.5. The quantitative estimate of drug-likeness (QED) is 0.642. The summed E-state index contributed by atoms with van der Waals surface area (Å²) in [5.74, 6) is 1.46. The van der Waals surface area contributed by atoms with Crippen molar-refractivity contribution < 1.29 is 9.53 Å². The number of aryl methyl sites for hydroxylation is 1. The lowest BCUT2D eigenvalue weighted by Gasteiger charge is -2.24. The van der Waals surface area contributed by atoms with Gasteiger partial charge in [-0.25, -0.2) is 0 Å². The molecule has 1 aliphatic rings. The van der Waals surface area contributed by atoms with Gasteiger partial charge < -0.3 is 15.4 Å². The number of aliphatic imine (C=N–C) groups is 1. The first-order valence-electron chi connectivity index (χ1n) is 8.84. The fourth-order valence-electron chi connectivity index (χ4n) is 3.15.